The second-order valence-corrected chi connectivity index (χ2v) is 8.12. The number of nitrogens with zero attached hydrogens (tertiary/aromatic N) is 1. The lowest BCUT2D eigenvalue weighted by Crippen LogP contribution is -2.35. The molecule has 104 valence electrons. The van der Waals surface area contributed by atoms with E-state index in [0.717, 1.165) is 18.0 Å². The monoisotopic (exact) mass is 301 g/mol. The third-order valence-electron chi connectivity index (χ3n) is 3.21. The molecule has 1 aliphatic carbocycles. The number of thiazole rings is 1. The number of amides is 1. The van der Waals surface area contributed by atoms with Crippen LogP contribution in [-0.4, -0.2) is 42.9 Å². The first-order valence-corrected chi connectivity index (χ1v) is 8.95. The summed E-state index contributed by atoms with van der Waals surface area (Å²) in [6, 6.07) is 0.223. The summed E-state index contributed by atoms with van der Waals surface area (Å²) in [7, 11) is -2.97. The van der Waals surface area contributed by atoms with E-state index in [4.69, 9.17) is 0 Å². The van der Waals surface area contributed by atoms with Gasteiger partial charge in [-0.05, 0) is 19.3 Å². The fourth-order valence-corrected chi connectivity index (χ4v) is 4.46. The fourth-order valence-electron chi connectivity index (χ4n) is 2.01. The van der Waals surface area contributed by atoms with Gasteiger partial charge >= 0.3 is 0 Å². The largest absolute Gasteiger partial charge is 0.359 e. The third-order valence-corrected chi connectivity index (χ3v) is 5.75. The van der Waals surface area contributed by atoms with Crippen molar-refractivity contribution in [3.05, 3.63) is 11.1 Å². The second kappa shape index (κ2) is 4.75. The van der Waals surface area contributed by atoms with Crippen LogP contribution in [0.3, 0.4) is 0 Å². The van der Waals surface area contributed by atoms with E-state index in [0.29, 0.717) is 18.2 Å². The Labute approximate surface area is 115 Å². The van der Waals surface area contributed by atoms with Crippen molar-refractivity contribution >= 4 is 32.2 Å². The maximum absolute atomic E-state index is 11.9. The number of anilines is 1. The molecule has 1 aromatic rings. The zero-order valence-corrected chi connectivity index (χ0v) is 11.9. The standard InChI is InChI=1S/C11H15N3O3S2/c15-10(12-8-3-4-19(16,17)6-8)9-5-18-11(14-9)13-7-1-2-7/h5,7-8H,1-4,6H2,(H,12,15)(H,13,14)/t8-/m1/s1. The molecule has 1 aromatic heterocycles. The minimum atomic E-state index is -2.97. The van der Waals surface area contributed by atoms with Gasteiger partial charge in [0.15, 0.2) is 15.0 Å². The first-order chi connectivity index (χ1) is 9.02. The molecule has 0 bridgehead atoms. The van der Waals surface area contributed by atoms with E-state index in [-0.39, 0.29) is 23.5 Å². The molecule has 0 spiro atoms. The van der Waals surface area contributed by atoms with E-state index < -0.39 is 9.84 Å². The quantitative estimate of drug-likeness (QED) is 0.852. The lowest BCUT2D eigenvalue weighted by atomic mass is 10.2. The SMILES string of the molecule is O=C(N[C@@H]1CCS(=O)(=O)C1)c1csc(NC2CC2)n1. The minimum Gasteiger partial charge on any atom is -0.359 e. The molecule has 1 saturated carbocycles. The van der Waals surface area contributed by atoms with Crippen molar-refractivity contribution in [3.8, 4) is 0 Å². The third kappa shape index (κ3) is 3.24. The normalized spacial score (nSPS) is 25.2. The van der Waals surface area contributed by atoms with Crippen molar-refractivity contribution in [1.29, 1.82) is 0 Å². The number of hydrogen-bond acceptors (Lipinski definition) is 6. The molecule has 3 rings (SSSR count). The molecule has 1 atom stereocenters. The van der Waals surface area contributed by atoms with Crippen molar-refractivity contribution in [2.75, 3.05) is 16.8 Å². The van der Waals surface area contributed by atoms with E-state index in [9.17, 15) is 13.2 Å². The van der Waals surface area contributed by atoms with E-state index in [2.05, 4.69) is 15.6 Å². The highest BCUT2D eigenvalue weighted by atomic mass is 32.2. The molecule has 0 radical (unpaired) electrons. The molecule has 2 fully saturated rings. The van der Waals surface area contributed by atoms with Gasteiger partial charge in [0.25, 0.3) is 5.91 Å². The average Bonchev–Trinajstić information content (AvgIpc) is 2.89. The number of sulfone groups is 1. The minimum absolute atomic E-state index is 0.0378. The van der Waals surface area contributed by atoms with Gasteiger partial charge in [-0.1, -0.05) is 0 Å². The summed E-state index contributed by atoms with van der Waals surface area (Å²) in [5.74, 6) is -0.0956. The fraction of sp³-hybridized carbons (Fsp3) is 0.636. The highest BCUT2D eigenvalue weighted by molar-refractivity contribution is 7.91. The molecule has 0 aromatic carbocycles. The van der Waals surface area contributed by atoms with Crippen molar-refractivity contribution in [2.45, 2.75) is 31.3 Å². The molecular weight excluding hydrogens is 286 g/mol. The maximum Gasteiger partial charge on any atom is 0.271 e. The number of aromatic nitrogens is 1. The van der Waals surface area contributed by atoms with Gasteiger partial charge in [-0.3, -0.25) is 4.79 Å². The number of carbonyl (C=O) groups excluding carboxylic acids is 1. The summed E-state index contributed by atoms with van der Waals surface area (Å²) in [5.41, 5.74) is 0.359. The van der Waals surface area contributed by atoms with Crippen LogP contribution < -0.4 is 10.6 Å². The van der Waals surface area contributed by atoms with E-state index in [1.165, 1.54) is 11.3 Å². The molecule has 1 aliphatic heterocycles. The van der Waals surface area contributed by atoms with Crippen LogP contribution in [0.25, 0.3) is 0 Å². The lowest BCUT2D eigenvalue weighted by Gasteiger charge is -2.08. The predicted molar refractivity (Wildman–Crippen MR) is 73.3 cm³/mol. The Bertz CT molecular complexity index is 592. The summed E-state index contributed by atoms with van der Waals surface area (Å²) in [5, 5.41) is 8.41. The first kappa shape index (κ1) is 12.9. The Kier molecular flexibility index (Phi) is 3.22. The molecule has 2 N–H and O–H groups in total. The van der Waals surface area contributed by atoms with E-state index >= 15 is 0 Å². The molecular formula is C11H15N3O3S2. The van der Waals surface area contributed by atoms with Crippen LogP contribution in [0.5, 0.6) is 0 Å². The zero-order chi connectivity index (χ0) is 13.5. The van der Waals surface area contributed by atoms with E-state index in [1.807, 2.05) is 0 Å². The smallest absolute Gasteiger partial charge is 0.271 e. The van der Waals surface area contributed by atoms with Gasteiger partial charge in [0.2, 0.25) is 0 Å². The second-order valence-electron chi connectivity index (χ2n) is 5.03. The Morgan fingerprint density at radius 1 is 1.32 bits per heavy atom. The lowest BCUT2D eigenvalue weighted by molar-refractivity contribution is 0.0937. The van der Waals surface area contributed by atoms with Crippen LogP contribution in [0.15, 0.2) is 5.38 Å². The van der Waals surface area contributed by atoms with Gasteiger partial charge < -0.3 is 10.6 Å². The number of nitrogens with one attached hydrogen (secondary N) is 2. The van der Waals surface area contributed by atoms with Gasteiger partial charge in [-0.25, -0.2) is 13.4 Å². The van der Waals surface area contributed by atoms with E-state index in [1.54, 1.807) is 5.38 Å². The Morgan fingerprint density at radius 2 is 2.11 bits per heavy atom. The summed E-state index contributed by atoms with van der Waals surface area (Å²) in [4.78, 5) is 16.2. The van der Waals surface area contributed by atoms with Crippen LogP contribution in [0.1, 0.15) is 29.8 Å². The molecule has 0 unspecified atom stereocenters. The molecule has 2 heterocycles. The van der Waals surface area contributed by atoms with Gasteiger partial charge in [0.1, 0.15) is 5.69 Å². The van der Waals surface area contributed by atoms with Crippen molar-refractivity contribution in [1.82, 2.24) is 10.3 Å². The van der Waals surface area contributed by atoms with Gasteiger partial charge in [-0.2, -0.15) is 0 Å². The number of carbonyl (C=O) groups is 1. The number of rotatable bonds is 4. The summed E-state index contributed by atoms with van der Waals surface area (Å²) in [6.45, 7) is 0. The van der Waals surface area contributed by atoms with Gasteiger partial charge in [0, 0.05) is 17.5 Å². The molecule has 8 heteroatoms. The molecule has 6 nitrogen and oxygen atoms in total. The van der Waals surface area contributed by atoms with Gasteiger partial charge in [-0.15, -0.1) is 11.3 Å². The van der Waals surface area contributed by atoms with Crippen LogP contribution in [0.4, 0.5) is 5.13 Å². The van der Waals surface area contributed by atoms with Crippen LogP contribution in [0, 0.1) is 0 Å². The molecule has 1 saturated heterocycles. The highest BCUT2D eigenvalue weighted by Crippen LogP contribution is 2.26. The Morgan fingerprint density at radius 3 is 2.74 bits per heavy atom. The first-order valence-electron chi connectivity index (χ1n) is 6.25. The van der Waals surface area contributed by atoms with Crippen LogP contribution >= 0.6 is 11.3 Å². The zero-order valence-electron chi connectivity index (χ0n) is 10.3. The van der Waals surface area contributed by atoms with Crippen LogP contribution in [0.2, 0.25) is 0 Å². The maximum atomic E-state index is 11.9. The topological polar surface area (TPSA) is 88.2 Å². The Balaban J connectivity index is 1.59. The average molecular weight is 301 g/mol. The summed E-state index contributed by atoms with van der Waals surface area (Å²) < 4.78 is 22.6. The highest BCUT2D eigenvalue weighted by Gasteiger charge is 2.29. The predicted octanol–water partition coefficient (Wildman–Crippen LogP) is 0.634. The summed E-state index contributed by atoms with van der Waals surface area (Å²) in [6.07, 6.45) is 2.80. The van der Waals surface area contributed by atoms with Gasteiger partial charge in [0.05, 0.1) is 11.5 Å². The Hall–Kier alpha value is -1.15. The molecule has 19 heavy (non-hydrogen) atoms. The van der Waals surface area contributed by atoms with Crippen molar-refractivity contribution in [3.63, 3.8) is 0 Å². The summed E-state index contributed by atoms with van der Waals surface area (Å²) >= 11 is 1.40. The molecule has 2 aliphatic rings. The van der Waals surface area contributed by atoms with Crippen LogP contribution in [-0.2, 0) is 9.84 Å². The number of hydrogen-bond donors (Lipinski definition) is 2. The van der Waals surface area contributed by atoms with Crippen molar-refractivity contribution in [2.24, 2.45) is 0 Å². The van der Waals surface area contributed by atoms with Crippen molar-refractivity contribution < 1.29 is 13.2 Å². The molecule has 1 amide bonds.